The van der Waals surface area contributed by atoms with Crippen molar-refractivity contribution in [3.8, 4) is 5.75 Å². The van der Waals surface area contributed by atoms with Crippen molar-refractivity contribution in [3.05, 3.63) is 64.1 Å². The number of rotatable bonds is 9. The van der Waals surface area contributed by atoms with E-state index in [1.807, 2.05) is 0 Å². The van der Waals surface area contributed by atoms with E-state index in [-0.39, 0.29) is 17.4 Å². The van der Waals surface area contributed by atoms with Crippen LogP contribution in [0.3, 0.4) is 0 Å². The van der Waals surface area contributed by atoms with Gasteiger partial charge in [0.1, 0.15) is 29.9 Å². The van der Waals surface area contributed by atoms with Gasteiger partial charge in [-0.2, -0.15) is 0 Å². The average Bonchev–Trinajstić information content (AvgIpc) is 3.22. The standard InChI is InChI=1S/C25H26Cl2FNO4/c26-18-2-6-24-17(11-18)12-25(33-24)23(31)5-1-16-7-9-29(10-8-16)14-19(30)15-32-20-3-4-21(27)22(28)13-20/h2-4,6,11-13,16,19,30H,1,5,7-10,14-15H2. The highest BCUT2D eigenvalue weighted by atomic mass is 35.5. The molecule has 0 aliphatic carbocycles. The highest BCUT2D eigenvalue weighted by molar-refractivity contribution is 6.31. The molecule has 1 unspecified atom stereocenters. The molecule has 1 N–H and O–H groups in total. The van der Waals surface area contributed by atoms with Crippen molar-refractivity contribution in [1.29, 1.82) is 0 Å². The molecule has 4 rings (SSSR count). The minimum Gasteiger partial charge on any atom is -0.491 e. The maximum atomic E-state index is 13.5. The van der Waals surface area contributed by atoms with Gasteiger partial charge in [0, 0.05) is 29.4 Å². The molecule has 0 saturated carbocycles. The first kappa shape index (κ1) is 24.0. The summed E-state index contributed by atoms with van der Waals surface area (Å²) < 4.78 is 24.6. The molecule has 0 radical (unpaired) electrons. The Morgan fingerprint density at radius 3 is 2.73 bits per heavy atom. The Kier molecular flexibility index (Phi) is 7.91. The molecule has 2 aromatic carbocycles. The Bertz CT molecular complexity index is 1110. The fraction of sp³-hybridized carbons (Fsp3) is 0.400. The van der Waals surface area contributed by atoms with E-state index in [0.29, 0.717) is 41.0 Å². The van der Waals surface area contributed by atoms with E-state index in [0.717, 1.165) is 37.7 Å². The summed E-state index contributed by atoms with van der Waals surface area (Å²) in [6.45, 7) is 2.28. The summed E-state index contributed by atoms with van der Waals surface area (Å²) in [5.74, 6) is 0.652. The molecule has 1 aliphatic rings. The molecule has 176 valence electrons. The molecule has 2 heterocycles. The van der Waals surface area contributed by atoms with Crippen LogP contribution in [0.2, 0.25) is 10.0 Å². The first-order chi connectivity index (χ1) is 15.9. The second-order valence-corrected chi connectivity index (χ2v) is 9.38. The number of piperidine rings is 1. The van der Waals surface area contributed by atoms with Gasteiger partial charge in [0.25, 0.3) is 0 Å². The zero-order chi connectivity index (χ0) is 23.4. The lowest BCUT2D eigenvalue weighted by Crippen LogP contribution is -2.40. The van der Waals surface area contributed by atoms with Gasteiger partial charge in [-0.3, -0.25) is 4.79 Å². The molecular formula is C25H26Cl2FNO4. The van der Waals surface area contributed by atoms with Crippen LogP contribution in [0.4, 0.5) is 4.39 Å². The number of likely N-dealkylation sites (tertiary alicyclic amines) is 1. The third-order valence-electron chi connectivity index (χ3n) is 6.04. The molecule has 3 aromatic rings. The number of Topliss-reactive ketones (excluding diaryl/α,β-unsaturated/α-hetero) is 1. The first-order valence-electron chi connectivity index (χ1n) is 11.1. The smallest absolute Gasteiger partial charge is 0.198 e. The van der Waals surface area contributed by atoms with Gasteiger partial charge >= 0.3 is 0 Å². The summed E-state index contributed by atoms with van der Waals surface area (Å²) in [6.07, 6.45) is 2.53. The van der Waals surface area contributed by atoms with E-state index in [1.54, 1.807) is 30.3 Å². The third-order valence-corrected chi connectivity index (χ3v) is 6.58. The zero-order valence-electron chi connectivity index (χ0n) is 18.1. The van der Waals surface area contributed by atoms with Gasteiger partial charge < -0.3 is 19.2 Å². The van der Waals surface area contributed by atoms with Gasteiger partial charge in [-0.25, -0.2) is 4.39 Å². The summed E-state index contributed by atoms with van der Waals surface area (Å²) in [4.78, 5) is 14.8. The van der Waals surface area contributed by atoms with Gasteiger partial charge in [-0.1, -0.05) is 23.2 Å². The predicted molar refractivity (Wildman–Crippen MR) is 127 cm³/mol. The van der Waals surface area contributed by atoms with Crippen molar-refractivity contribution >= 4 is 40.0 Å². The zero-order valence-corrected chi connectivity index (χ0v) is 19.6. The van der Waals surface area contributed by atoms with Crippen LogP contribution in [0.5, 0.6) is 5.75 Å². The van der Waals surface area contributed by atoms with Crippen LogP contribution < -0.4 is 4.74 Å². The number of carbonyl (C=O) groups excluding carboxylic acids is 1. The van der Waals surface area contributed by atoms with Crippen molar-refractivity contribution in [1.82, 2.24) is 4.90 Å². The lowest BCUT2D eigenvalue weighted by atomic mass is 9.91. The molecule has 1 fully saturated rings. The molecule has 1 aromatic heterocycles. The van der Waals surface area contributed by atoms with Crippen molar-refractivity contribution in [2.75, 3.05) is 26.2 Å². The molecular weight excluding hydrogens is 468 g/mol. The SMILES string of the molecule is O=C(CCC1CCN(CC(O)COc2ccc(Cl)c(F)c2)CC1)c1cc2cc(Cl)ccc2o1. The molecule has 0 bridgehead atoms. The fourth-order valence-electron chi connectivity index (χ4n) is 4.18. The Hall–Kier alpha value is -2.12. The molecule has 1 aliphatic heterocycles. The van der Waals surface area contributed by atoms with Crippen LogP contribution in [-0.2, 0) is 0 Å². The summed E-state index contributed by atoms with van der Waals surface area (Å²) in [5.41, 5.74) is 0.666. The maximum Gasteiger partial charge on any atom is 0.198 e. The number of hydrogen-bond acceptors (Lipinski definition) is 5. The number of furan rings is 1. The Balaban J connectivity index is 1.17. The number of benzene rings is 2. The Morgan fingerprint density at radius 1 is 1.18 bits per heavy atom. The summed E-state index contributed by atoms with van der Waals surface area (Å²) in [7, 11) is 0. The topological polar surface area (TPSA) is 62.9 Å². The number of β-amino-alcohol motifs (C(OH)–C–C–N with tert-alkyl or cyclic N) is 1. The Morgan fingerprint density at radius 2 is 1.97 bits per heavy atom. The number of carbonyl (C=O) groups is 1. The summed E-state index contributed by atoms with van der Waals surface area (Å²) in [5, 5.41) is 11.8. The Labute approximate surface area is 202 Å². The van der Waals surface area contributed by atoms with Crippen LogP contribution in [0.1, 0.15) is 36.2 Å². The van der Waals surface area contributed by atoms with E-state index in [9.17, 15) is 14.3 Å². The minimum absolute atomic E-state index is 0.0101. The highest BCUT2D eigenvalue weighted by Crippen LogP contribution is 2.27. The second kappa shape index (κ2) is 10.9. The highest BCUT2D eigenvalue weighted by Gasteiger charge is 2.23. The first-order valence-corrected chi connectivity index (χ1v) is 11.8. The number of halogens is 3. The normalized spacial score (nSPS) is 16.2. The van der Waals surface area contributed by atoms with Gasteiger partial charge in [-0.15, -0.1) is 0 Å². The number of ether oxygens (including phenoxy) is 1. The molecule has 1 atom stereocenters. The lowest BCUT2D eigenvalue weighted by Gasteiger charge is -2.33. The number of hydrogen-bond donors (Lipinski definition) is 1. The quantitative estimate of drug-likeness (QED) is 0.370. The van der Waals surface area contributed by atoms with Crippen molar-refractivity contribution in [3.63, 3.8) is 0 Å². The monoisotopic (exact) mass is 493 g/mol. The largest absolute Gasteiger partial charge is 0.491 e. The van der Waals surface area contributed by atoms with E-state index >= 15 is 0 Å². The van der Waals surface area contributed by atoms with Gasteiger partial charge in [0.15, 0.2) is 11.5 Å². The summed E-state index contributed by atoms with van der Waals surface area (Å²) in [6, 6.07) is 11.3. The van der Waals surface area contributed by atoms with Crippen LogP contribution >= 0.6 is 23.2 Å². The number of nitrogens with zero attached hydrogens (tertiary/aromatic N) is 1. The van der Waals surface area contributed by atoms with E-state index in [1.165, 1.54) is 12.1 Å². The van der Waals surface area contributed by atoms with Crippen LogP contribution in [-0.4, -0.2) is 48.1 Å². The van der Waals surface area contributed by atoms with E-state index in [2.05, 4.69) is 4.90 Å². The van der Waals surface area contributed by atoms with E-state index < -0.39 is 11.9 Å². The van der Waals surface area contributed by atoms with Crippen LogP contribution in [0, 0.1) is 11.7 Å². The molecule has 5 nitrogen and oxygen atoms in total. The maximum absolute atomic E-state index is 13.5. The molecule has 1 saturated heterocycles. The number of aliphatic hydroxyl groups excluding tert-OH is 1. The fourth-order valence-corrected chi connectivity index (χ4v) is 4.48. The van der Waals surface area contributed by atoms with Gasteiger partial charge in [0.2, 0.25) is 0 Å². The van der Waals surface area contributed by atoms with Gasteiger partial charge in [0.05, 0.1) is 5.02 Å². The van der Waals surface area contributed by atoms with Crippen LogP contribution in [0.25, 0.3) is 11.0 Å². The molecule has 33 heavy (non-hydrogen) atoms. The molecule has 8 heteroatoms. The number of ketones is 1. The third kappa shape index (κ3) is 6.48. The minimum atomic E-state index is -0.677. The number of aliphatic hydroxyl groups is 1. The molecule has 0 amide bonds. The summed E-state index contributed by atoms with van der Waals surface area (Å²) >= 11 is 11.7. The van der Waals surface area contributed by atoms with Crippen molar-refractivity contribution in [2.45, 2.75) is 31.8 Å². The van der Waals surface area contributed by atoms with Crippen molar-refractivity contribution < 1.29 is 23.4 Å². The average molecular weight is 494 g/mol. The van der Waals surface area contributed by atoms with Gasteiger partial charge in [-0.05, 0) is 74.7 Å². The van der Waals surface area contributed by atoms with Crippen LogP contribution in [0.15, 0.2) is 46.9 Å². The van der Waals surface area contributed by atoms with E-state index in [4.69, 9.17) is 32.4 Å². The predicted octanol–water partition coefficient (Wildman–Crippen LogP) is 5.99. The number of fused-ring (bicyclic) bond motifs is 1. The van der Waals surface area contributed by atoms with Crippen molar-refractivity contribution in [2.24, 2.45) is 5.92 Å². The lowest BCUT2D eigenvalue weighted by molar-refractivity contribution is 0.0539. The second-order valence-electron chi connectivity index (χ2n) is 8.54. The molecule has 0 spiro atoms.